The van der Waals surface area contributed by atoms with Crippen LogP contribution in [0.5, 0.6) is 0 Å². The number of nitrogen functional groups attached to an aromatic ring is 1. The topological polar surface area (TPSA) is 78.5 Å². The summed E-state index contributed by atoms with van der Waals surface area (Å²) in [4.78, 5) is 0. The summed E-state index contributed by atoms with van der Waals surface area (Å²) in [6.07, 6.45) is 0. The van der Waals surface area contributed by atoms with Crippen LogP contribution >= 0.6 is 0 Å². The van der Waals surface area contributed by atoms with Crippen LogP contribution in [-0.2, 0) is 0 Å². The normalized spacial score (nSPS) is 9.95. The van der Waals surface area contributed by atoms with E-state index in [1.54, 1.807) is 4.57 Å². The molecule has 2 N–H and O–H groups in total. The van der Waals surface area contributed by atoms with Crippen LogP contribution in [-0.4, -0.2) is 4.57 Å². The standard InChI is InChI=1S/C15H14N4/c1-9-5-4-6-14(12(9)7-16)19-11(3)10(2)13(8-17)15(19)18/h4-6H,18H2,1-3H3. The minimum atomic E-state index is 0.389. The summed E-state index contributed by atoms with van der Waals surface area (Å²) < 4.78 is 1.78. The van der Waals surface area contributed by atoms with Gasteiger partial charge in [-0.15, -0.1) is 0 Å². The molecule has 0 aliphatic heterocycles. The Morgan fingerprint density at radius 3 is 2.21 bits per heavy atom. The number of benzene rings is 1. The second kappa shape index (κ2) is 4.51. The lowest BCUT2D eigenvalue weighted by Crippen LogP contribution is -2.05. The van der Waals surface area contributed by atoms with Gasteiger partial charge in [-0.3, -0.25) is 4.57 Å². The van der Waals surface area contributed by atoms with Crippen molar-refractivity contribution in [2.24, 2.45) is 0 Å². The van der Waals surface area contributed by atoms with Crippen molar-refractivity contribution in [1.82, 2.24) is 4.57 Å². The monoisotopic (exact) mass is 250 g/mol. The summed E-state index contributed by atoms with van der Waals surface area (Å²) in [5, 5.41) is 18.5. The lowest BCUT2D eigenvalue weighted by atomic mass is 10.1. The molecule has 0 unspecified atom stereocenters. The van der Waals surface area contributed by atoms with E-state index in [2.05, 4.69) is 12.1 Å². The Bertz CT molecular complexity index is 739. The fourth-order valence-corrected chi connectivity index (χ4v) is 2.27. The molecule has 19 heavy (non-hydrogen) atoms. The van der Waals surface area contributed by atoms with Crippen molar-refractivity contribution < 1.29 is 0 Å². The van der Waals surface area contributed by atoms with Gasteiger partial charge in [0.25, 0.3) is 0 Å². The first-order valence-corrected chi connectivity index (χ1v) is 5.90. The van der Waals surface area contributed by atoms with Gasteiger partial charge in [0.2, 0.25) is 0 Å². The molecule has 0 bridgehead atoms. The van der Waals surface area contributed by atoms with Crippen molar-refractivity contribution in [3.8, 4) is 17.8 Å². The predicted octanol–water partition coefficient (Wildman–Crippen LogP) is 2.73. The van der Waals surface area contributed by atoms with E-state index in [-0.39, 0.29) is 0 Å². The first-order chi connectivity index (χ1) is 9.02. The number of rotatable bonds is 1. The molecule has 0 saturated heterocycles. The Balaban J connectivity index is 2.86. The minimum absolute atomic E-state index is 0.389. The van der Waals surface area contributed by atoms with Gasteiger partial charge in [-0.2, -0.15) is 10.5 Å². The second-order valence-electron chi connectivity index (χ2n) is 4.50. The zero-order valence-electron chi connectivity index (χ0n) is 11.2. The number of hydrogen-bond donors (Lipinski definition) is 1. The largest absolute Gasteiger partial charge is 0.384 e. The molecule has 94 valence electrons. The molecule has 0 aliphatic carbocycles. The Morgan fingerprint density at radius 2 is 1.68 bits per heavy atom. The van der Waals surface area contributed by atoms with Gasteiger partial charge in [0.15, 0.2) is 0 Å². The van der Waals surface area contributed by atoms with Gasteiger partial charge in [0, 0.05) is 5.69 Å². The van der Waals surface area contributed by atoms with Gasteiger partial charge in [-0.05, 0) is 38.0 Å². The molecule has 0 amide bonds. The predicted molar refractivity (Wildman–Crippen MR) is 73.8 cm³/mol. The maximum Gasteiger partial charge on any atom is 0.126 e. The zero-order valence-corrected chi connectivity index (χ0v) is 11.2. The highest BCUT2D eigenvalue weighted by molar-refractivity contribution is 5.65. The molecule has 0 spiro atoms. The molecule has 0 atom stereocenters. The van der Waals surface area contributed by atoms with E-state index in [1.165, 1.54) is 0 Å². The Hall–Kier alpha value is -2.72. The molecule has 0 radical (unpaired) electrons. The van der Waals surface area contributed by atoms with Crippen LogP contribution in [0.1, 0.15) is 27.9 Å². The molecule has 4 nitrogen and oxygen atoms in total. The summed E-state index contributed by atoms with van der Waals surface area (Å²) in [5.74, 6) is 0.389. The van der Waals surface area contributed by atoms with Gasteiger partial charge >= 0.3 is 0 Å². The SMILES string of the molecule is Cc1cccc(-n2c(C)c(C)c(C#N)c2N)c1C#N. The summed E-state index contributed by atoms with van der Waals surface area (Å²) >= 11 is 0. The average Bonchev–Trinajstić information content (AvgIpc) is 2.60. The number of aryl methyl sites for hydroxylation is 1. The van der Waals surface area contributed by atoms with E-state index in [0.29, 0.717) is 16.9 Å². The fourth-order valence-electron chi connectivity index (χ4n) is 2.27. The lowest BCUT2D eigenvalue weighted by molar-refractivity contribution is 1.01. The fraction of sp³-hybridized carbons (Fsp3) is 0.200. The minimum Gasteiger partial charge on any atom is -0.384 e. The third-order valence-electron chi connectivity index (χ3n) is 3.47. The highest BCUT2D eigenvalue weighted by Gasteiger charge is 2.18. The molecule has 0 fully saturated rings. The van der Waals surface area contributed by atoms with Crippen LogP contribution in [0.25, 0.3) is 5.69 Å². The van der Waals surface area contributed by atoms with Crippen LogP contribution in [0.4, 0.5) is 5.82 Å². The lowest BCUT2D eigenvalue weighted by Gasteiger charge is -2.12. The highest BCUT2D eigenvalue weighted by Crippen LogP contribution is 2.29. The van der Waals surface area contributed by atoms with E-state index in [9.17, 15) is 5.26 Å². The maximum absolute atomic E-state index is 9.31. The number of aromatic nitrogens is 1. The van der Waals surface area contributed by atoms with Crippen molar-refractivity contribution in [2.45, 2.75) is 20.8 Å². The van der Waals surface area contributed by atoms with E-state index >= 15 is 0 Å². The summed E-state index contributed by atoms with van der Waals surface area (Å²) in [7, 11) is 0. The molecule has 2 rings (SSSR count). The summed E-state index contributed by atoms with van der Waals surface area (Å²) in [6, 6.07) is 9.93. The average molecular weight is 250 g/mol. The van der Waals surface area contributed by atoms with Gasteiger partial charge in [-0.25, -0.2) is 0 Å². The van der Waals surface area contributed by atoms with Crippen LogP contribution < -0.4 is 5.73 Å². The Kier molecular flexibility index (Phi) is 3.02. The molecular weight excluding hydrogens is 236 g/mol. The summed E-state index contributed by atoms with van der Waals surface area (Å²) in [6.45, 7) is 5.65. The number of anilines is 1. The molecule has 1 aromatic carbocycles. The van der Waals surface area contributed by atoms with Crippen molar-refractivity contribution >= 4 is 5.82 Å². The third kappa shape index (κ3) is 1.75. The molecule has 2 aromatic rings. The number of nitrogens with zero attached hydrogens (tertiary/aromatic N) is 3. The van der Waals surface area contributed by atoms with Crippen LogP contribution in [0.15, 0.2) is 18.2 Å². The molecule has 1 aromatic heterocycles. The smallest absolute Gasteiger partial charge is 0.126 e. The van der Waals surface area contributed by atoms with Crippen LogP contribution in [0.3, 0.4) is 0 Å². The van der Waals surface area contributed by atoms with E-state index < -0.39 is 0 Å². The van der Waals surface area contributed by atoms with Crippen molar-refractivity contribution in [3.05, 3.63) is 46.1 Å². The Labute approximate surface area is 112 Å². The van der Waals surface area contributed by atoms with Gasteiger partial charge in [-0.1, -0.05) is 12.1 Å². The first kappa shape index (κ1) is 12.7. The van der Waals surface area contributed by atoms with Gasteiger partial charge in [0.1, 0.15) is 18.0 Å². The highest BCUT2D eigenvalue weighted by atomic mass is 15.1. The molecule has 4 heteroatoms. The van der Waals surface area contributed by atoms with Crippen molar-refractivity contribution in [1.29, 1.82) is 10.5 Å². The number of hydrogen-bond acceptors (Lipinski definition) is 3. The van der Waals surface area contributed by atoms with Gasteiger partial charge < -0.3 is 5.73 Å². The number of nitriles is 2. The molecule has 0 aliphatic rings. The first-order valence-electron chi connectivity index (χ1n) is 5.90. The number of nitrogens with two attached hydrogens (primary N) is 1. The summed E-state index contributed by atoms with van der Waals surface area (Å²) in [5.41, 5.74) is 10.5. The maximum atomic E-state index is 9.31. The van der Waals surface area contributed by atoms with Gasteiger partial charge in [0.05, 0.1) is 16.8 Å². The molecule has 0 saturated carbocycles. The van der Waals surface area contributed by atoms with Crippen molar-refractivity contribution in [2.75, 3.05) is 5.73 Å². The van der Waals surface area contributed by atoms with E-state index in [1.807, 2.05) is 39.0 Å². The Morgan fingerprint density at radius 1 is 1.05 bits per heavy atom. The molecule has 1 heterocycles. The zero-order chi connectivity index (χ0) is 14.2. The quantitative estimate of drug-likeness (QED) is 0.845. The third-order valence-corrected chi connectivity index (χ3v) is 3.47. The van der Waals surface area contributed by atoms with Crippen LogP contribution in [0.2, 0.25) is 0 Å². The second-order valence-corrected chi connectivity index (χ2v) is 4.50. The van der Waals surface area contributed by atoms with E-state index in [0.717, 1.165) is 22.5 Å². The molecular formula is C15H14N4. The van der Waals surface area contributed by atoms with E-state index in [4.69, 9.17) is 11.0 Å². The van der Waals surface area contributed by atoms with Crippen molar-refractivity contribution in [3.63, 3.8) is 0 Å². The van der Waals surface area contributed by atoms with Crippen LogP contribution in [0, 0.1) is 43.4 Å².